The Hall–Kier alpha value is -2.83. The van der Waals surface area contributed by atoms with Crippen molar-refractivity contribution in [2.75, 3.05) is 37.6 Å². The molecule has 132 valence electrons. The molecule has 1 aliphatic heterocycles. The number of hydrogen-bond donors (Lipinski definition) is 1. The van der Waals surface area contributed by atoms with E-state index in [1.54, 1.807) is 12.5 Å². The molecule has 2 aromatic rings. The van der Waals surface area contributed by atoms with Gasteiger partial charge in [0.25, 0.3) is 0 Å². The van der Waals surface area contributed by atoms with Crippen molar-refractivity contribution in [3.05, 3.63) is 49.1 Å². The van der Waals surface area contributed by atoms with Gasteiger partial charge in [-0.1, -0.05) is 18.2 Å². The van der Waals surface area contributed by atoms with Crippen LogP contribution in [0.4, 0.5) is 5.69 Å². The number of nitrogens with one attached hydrogen (secondary N) is 1. The summed E-state index contributed by atoms with van der Waals surface area (Å²) in [6.07, 6.45) is 5.50. The molecule has 0 unspecified atom stereocenters. The van der Waals surface area contributed by atoms with E-state index in [2.05, 4.69) is 27.3 Å². The molecule has 1 aromatic heterocycles. The number of aryl methyl sites for hydroxylation is 1. The minimum absolute atomic E-state index is 0.0244. The van der Waals surface area contributed by atoms with Crippen LogP contribution < -0.4 is 10.2 Å². The summed E-state index contributed by atoms with van der Waals surface area (Å²) in [5.41, 5.74) is 1.18. The third-order valence-corrected chi connectivity index (χ3v) is 4.35. The number of carbonyl (C=O) groups is 2. The fourth-order valence-corrected chi connectivity index (χ4v) is 2.88. The van der Waals surface area contributed by atoms with Gasteiger partial charge >= 0.3 is 0 Å². The van der Waals surface area contributed by atoms with Gasteiger partial charge in [-0.15, -0.1) is 0 Å². The first-order valence-corrected chi connectivity index (χ1v) is 8.52. The van der Waals surface area contributed by atoms with E-state index in [0.717, 1.165) is 13.1 Å². The fourth-order valence-electron chi connectivity index (χ4n) is 2.88. The fraction of sp³-hybridized carbons (Fsp3) is 0.389. The van der Waals surface area contributed by atoms with Crippen molar-refractivity contribution in [1.82, 2.24) is 19.8 Å². The van der Waals surface area contributed by atoms with Crippen LogP contribution in [0.3, 0.4) is 0 Å². The highest BCUT2D eigenvalue weighted by Crippen LogP contribution is 2.15. The molecule has 3 rings (SSSR count). The second-order valence-electron chi connectivity index (χ2n) is 6.03. The quantitative estimate of drug-likeness (QED) is 0.841. The van der Waals surface area contributed by atoms with Crippen LogP contribution in [0.5, 0.6) is 0 Å². The summed E-state index contributed by atoms with van der Waals surface area (Å²) in [7, 11) is 0. The van der Waals surface area contributed by atoms with Gasteiger partial charge in [0.1, 0.15) is 0 Å². The third-order valence-electron chi connectivity index (χ3n) is 4.35. The molecule has 0 atom stereocenters. The van der Waals surface area contributed by atoms with Crippen LogP contribution in [-0.2, 0) is 16.1 Å². The number of piperazine rings is 1. The monoisotopic (exact) mass is 341 g/mol. The minimum atomic E-state index is -0.120. The topological polar surface area (TPSA) is 70.5 Å². The van der Waals surface area contributed by atoms with Crippen molar-refractivity contribution < 1.29 is 9.59 Å². The van der Waals surface area contributed by atoms with E-state index in [4.69, 9.17) is 0 Å². The van der Waals surface area contributed by atoms with Gasteiger partial charge in [-0.25, -0.2) is 4.98 Å². The lowest BCUT2D eigenvalue weighted by Gasteiger charge is -2.36. The number of benzene rings is 1. The number of nitrogens with zero attached hydrogens (tertiary/aromatic N) is 4. The second-order valence-corrected chi connectivity index (χ2v) is 6.03. The molecular weight excluding hydrogens is 318 g/mol. The Morgan fingerprint density at radius 2 is 1.84 bits per heavy atom. The van der Waals surface area contributed by atoms with Crippen molar-refractivity contribution in [2.24, 2.45) is 0 Å². The van der Waals surface area contributed by atoms with Gasteiger partial charge in [-0.2, -0.15) is 0 Å². The first-order valence-electron chi connectivity index (χ1n) is 8.52. The summed E-state index contributed by atoms with van der Waals surface area (Å²) in [4.78, 5) is 32.1. The van der Waals surface area contributed by atoms with Crippen LogP contribution in [0.15, 0.2) is 49.1 Å². The van der Waals surface area contributed by atoms with E-state index in [-0.39, 0.29) is 18.4 Å². The molecule has 25 heavy (non-hydrogen) atoms. The Balaban J connectivity index is 1.37. The molecule has 2 heterocycles. The van der Waals surface area contributed by atoms with Gasteiger partial charge in [-0.05, 0) is 12.1 Å². The summed E-state index contributed by atoms with van der Waals surface area (Å²) in [6, 6.07) is 10.2. The highest BCUT2D eigenvalue weighted by atomic mass is 16.2. The van der Waals surface area contributed by atoms with Crippen molar-refractivity contribution in [2.45, 2.75) is 13.0 Å². The largest absolute Gasteiger partial charge is 0.368 e. The van der Waals surface area contributed by atoms with Gasteiger partial charge < -0.3 is 19.7 Å². The smallest absolute Gasteiger partial charge is 0.242 e. The van der Waals surface area contributed by atoms with Crippen LogP contribution >= 0.6 is 0 Å². The Morgan fingerprint density at radius 3 is 2.52 bits per heavy atom. The maximum Gasteiger partial charge on any atom is 0.242 e. The number of rotatable bonds is 6. The second kappa shape index (κ2) is 8.32. The predicted octanol–water partition coefficient (Wildman–Crippen LogP) is 0.738. The highest BCUT2D eigenvalue weighted by Gasteiger charge is 2.21. The molecule has 7 nitrogen and oxygen atoms in total. The first-order chi connectivity index (χ1) is 12.2. The lowest BCUT2D eigenvalue weighted by atomic mass is 10.2. The Labute approximate surface area is 147 Å². The first kappa shape index (κ1) is 17.0. The number of carbonyl (C=O) groups excluding carboxylic acids is 2. The molecule has 0 saturated carbocycles. The molecule has 1 aromatic carbocycles. The number of anilines is 1. The molecule has 0 aliphatic carbocycles. The number of amides is 2. The van der Waals surface area contributed by atoms with E-state index < -0.39 is 0 Å². The van der Waals surface area contributed by atoms with E-state index in [1.807, 2.05) is 33.9 Å². The van der Waals surface area contributed by atoms with Gasteiger partial charge in [0, 0.05) is 57.2 Å². The van der Waals surface area contributed by atoms with Crippen LogP contribution in [0.2, 0.25) is 0 Å². The lowest BCUT2D eigenvalue weighted by molar-refractivity contribution is -0.133. The zero-order chi connectivity index (χ0) is 17.5. The Bertz CT molecular complexity index is 679. The van der Waals surface area contributed by atoms with Gasteiger partial charge in [0.2, 0.25) is 11.8 Å². The molecule has 7 heteroatoms. The Morgan fingerprint density at radius 1 is 1.08 bits per heavy atom. The van der Waals surface area contributed by atoms with Crippen LogP contribution in [0.1, 0.15) is 6.42 Å². The molecule has 2 amide bonds. The van der Waals surface area contributed by atoms with Gasteiger partial charge in [0.05, 0.1) is 12.9 Å². The highest BCUT2D eigenvalue weighted by molar-refractivity contribution is 5.84. The summed E-state index contributed by atoms with van der Waals surface area (Å²) < 4.78 is 1.84. The van der Waals surface area contributed by atoms with Crippen molar-refractivity contribution in [1.29, 1.82) is 0 Å². The average molecular weight is 341 g/mol. The number of aromatic nitrogens is 2. The summed E-state index contributed by atoms with van der Waals surface area (Å²) in [5, 5.41) is 2.71. The molecule has 1 saturated heterocycles. The standard InChI is InChI=1S/C18H23N5O2/c24-17(6-8-21-9-7-19-15-21)20-14-18(25)23-12-10-22(11-13-23)16-4-2-1-3-5-16/h1-5,7,9,15H,6,8,10-14H2,(H,20,24). The van der Waals surface area contributed by atoms with Crippen LogP contribution in [0, 0.1) is 0 Å². The lowest BCUT2D eigenvalue weighted by Crippen LogP contribution is -2.51. The van der Waals surface area contributed by atoms with E-state index in [1.165, 1.54) is 5.69 Å². The van der Waals surface area contributed by atoms with Crippen LogP contribution in [0.25, 0.3) is 0 Å². The van der Waals surface area contributed by atoms with Gasteiger partial charge in [0.15, 0.2) is 0 Å². The third kappa shape index (κ3) is 4.82. The van der Waals surface area contributed by atoms with E-state index in [0.29, 0.717) is 26.1 Å². The maximum atomic E-state index is 12.3. The molecule has 0 bridgehead atoms. The number of imidazole rings is 1. The van der Waals surface area contributed by atoms with Gasteiger partial charge in [-0.3, -0.25) is 9.59 Å². The normalized spacial score (nSPS) is 14.4. The maximum absolute atomic E-state index is 12.3. The molecular formula is C18H23N5O2. The molecule has 0 radical (unpaired) electrons. The zero-order valence-corrected chi connectivity index (χ0v) is 14.2. The molecule has 1 fully saturated rings. The van der Waals surface area contributed by atoms with E-state index in [9.17, 15) is 9.59 Å². The minimum Gasteiger partial charge on any atom is -0.368 e. The SMILES string of the molecule is O=C(CCn1ccnc1)NCC(=O)N1CCN(c2ccccc2)CC1. The molecule has 0 spiro atoms. The summed E-state index contributed by atoms with van der Waals surface area (Å²) in [5.74, 6) is -0.145. The van der Waals surface area contributed by atoms with Crippen molar-refractivity contribution in [3.8, 4) is 0 Å². The van der Waals surface area contributed by atoms with Crippen molar-refractivity contribution in [3.63, 3.8) is 0 Å². The molecule has 1 aliphatic rings. The van der Waals surface area contributed by atoms with Crippen molar-refractivity contribution >= 4 is 17.5 Å². The number of hydrogen-bond acceptors (Lipinski definition) is 4. The zero-order valence-electron chi connectivity index (χ0n) is 14.2. The predicted molar refractivity (Wildman–Crippen MR) is 95.1 cm³/mol. The average Bonchev–Trinajstić information content (AvgIpc) is 3.19. The molecule has 1 N–H and O–H groups in total. The van der Waals surface area contributed by atoms with Crippen LogP contribution in [-0.4, -0.2) is 59.0 Å². The summed E-state index contributed by atoms with van der Waals surface area (Å²) >= 11 is 0. The summed E-state index contributed by atoms with van der Waals surface area (Å²) in [6.45, 7) is 3.61. The van der Waals surface area contributed by atoms with E-state index >= 15 is 0 Å². The Kier molecular flexibility index (Phi) is 5.66. The number of para-hydroxylation sites is 1.